The number of hydrogen-bond donors (Lipinski definition) is 0. The second kappa shape index (κ2) is 5.01. The molecule has 0 aliphatic heterocycles. The molecule has 0 spiro atoms. The summed E-state index contributed by atoms with van der Waals surface area (Å²) in [5.41, 5.74) is 1.02. The smallest absolute Gasteiger partial charge is 0.330 e. The molecule has 0 aliphatic carbocycles. The van der Waals surface area contributed by atoms with Gasteiger partial charge in [-0.05, 0) is 40.3 Å². The van der Waals surface area contributed by atoms with Gasteiger partial charge in [0.25, 0.3) is 0 Å². The number of ether oxygens (including phenoxy) is 1. The van der Waals surface area contributed by atoms with Gasteiger partial charge in [0, 0.05) is 9.65 Å². The Hall–Kier alpha value is -0.840. The zero-order valence-electron chi connectivity index (χ0n) is 7.16. The zero-order chi connectivity index (χ0) is 9.68. The quantitative estimate of drug-likeness (QED) is 0.475. The number of benzene rings is 1. The minimum Gasteiger partial charge on any atom is -0.466 e. The lowest BCUT2D eigenvalue weighted by Gasteiger charge is -1.96. The molecule has 0 unspecified atom stereocenters. The number of esters is 1. The van der Waals surface area contributed by atoms with Crippen LogP contribution in [-0.4, -0.2) is 13.1 Å². The van der Waals surface area contributed by atoms with E-state index in [1.54, 1.807) is 6.08 Å². The van der Waals surface area contributed by atoms with Crippen molar-refractivity contribution in [3.8, 4) is 0 Å². The summed E-state index contributed by atoms with van der Waals surface area (Å²) in [6, 6.07) is 7.81. The monoisotopic (exact) mass is 288 g/mol. The van der Waals surface area contributed by atoms with Crippen molar-refractivity contribution in [2.24, 2.45) is 0 Å². The van der Waals surface area contributed by atoms with E-state index in [9.17, 15) is 4.79 Å². The summed E-state index contributed by atoms with van der Waals surface area (Å²) < 4.78 is 5.59. The number of hydrogen-bond acceptors (Lipinski definition) is 2. The van der Waals surface area contributed by atoms with E-state index < -0.39 is 0 Å². The Labute approximate surface area is 90.7 Å². The highest BCUT2D eigenvalue weighted by molar-refractivity contribution is 14.1. The summed E-state index contributed by atoms with van der Waals surface area (Å²) in [6.07, 6.45) is 3.16. The van der Waals surface area contributed by atoms with E-state index >= 15 is 0 Å². The molecule has 0 N–H and O–H groups in total. The Morgan fingerprint density at radius 2 is 2.15 bits per heavy atom. The van der Waals surface area contributed by atoms with E-state index in [0.29, 0.717) is 0 Å². The molecule has 68 valence electrons. The molecule has 0 atom stereocenters. The van der Waals surface area contributed by atoms with E-state index in [2.05, 4.69) is 27.3 Å². The van der Waals surface area contributed by atoms with Gasteiger partial charge in [-0.2, -0.15) is 0 Å². The highest BCUT2D eigenvalue weighted by atomic mass is 127. The molecule has 0 aliphatic rings. The molecule has 0 fully saturated rings. The molecule has 1 aromatic carbocycles. The first-order chi connectivity index (χ1) is 6.24. The summed E-state index contributed by atoms with van der Waals surface area (Å²) in [7, 11) is 1.36. The van der Waals surface area contributed by atoms with Crippen LogP contribution in [0.4, 0.5) is 0 Å². The van der Waals surface area contributed by atoms with Gasteiger partial charge in [0.1, 0.15) is 0 Å². The van der Waals surface area contributed by atoms with Crippen LogP contribution in [-0.2, 0) is 9.53 Å². The second-order valence-electron chi connectivity index (χ2n) is 2.38. The van der Waals surface area contributed by atoms with E-state index in [1.165, 1.54) is 13.2 Å². The average molecular weight is 288 g/mol. The Bertz CT molecular complexity index is 331. The van der Waals surface area contributed by atoms with E-state index in [1.807, 2.05) is 24.3 Å². The predicted molar refractivity (Wildman–Crippen MR) is 60.2 cm³/mol. The summed E-state index contributed by atoms with van der Waals surface area (Å²) in [6.45, 7) is 0. The van der Waals surface area contributed by atoms with Gasteiger partial charge in [-0.1, -0.05) is 18.2 Å². The van der Waals surface area contributed by atoms with E-state index in [0.717, 1.165) is 9.13 Å². The third-order valence-electron chi connectivity index (χ3n) is 1.51. The second-order valence-corrected chi connectivity index (χ2v) is 3.54. The number of halogens is 1. The minimum atomic E-state index is -0.334. The van der Waals surface area contributed by atoms with Crippen molar-refractivity contribution >= 4 is 34.6 Å². The van der Waals surface area contributed by atoms with Gasteiger partial charge in [0.15, 0.2) is 0 Å². The molecule has 1 aromatic rings. The van der Waals surface area contributed by atoms with E-state index in [4.69, 9.17) is 0 Å². The lowest BCUT2D eigenvalue weighted by atomic mass is 10.2. The lowest BCUT2D eigenvalue weighted by Crippen LogP contribution is -1.93. The van der Waals surface area contributed by atoms with Gasteiger partial charge in [-0.25, -0.2) is 4.79 Å². The SMILES string of the molecule is COC(=O)/C=C/c1ccccc1I. The van der Waals surface area contributed by atoms with Crippen LogP contribution >= 0.6 is 22.6 Å². The summed E-state index contributed by atoms with van der Waals surface area (Å²) in [4.78, 5) is 10.8. The summed E-state index contributed by atoms with van der Waals surface area (Å²) in [5.74, 6) is -0.334. The maximum Gasteiger partial charge on any atom is 0.330 e. The molecule has 0 radical (unpaired) electrons. The molecular formula is C10H9IO2. The Balaban J connectivity index is 2.80. The van der Waals surface area contributed by atoms with Gasteiger partial charge >= 0.3 is 5.97 Å². The fourth-order valence-corrected chi connectivity index (χ4v) is 1.40. The number of carbonyl (C=O) groups is 1. The minimum absolute atomic E-state index is 0.334. The Kier molecular flexibility index (Phi) is 3.95. The average Bonchev–Trinajstić information content (AvgIpc) is 2.16. The third kappa shape index (κ3) is 3.18. The van der Waals surface area contributed by atoms with Crippen molar-refractivity contribution in [2.45, 2.75) is 0 Å². The molecule has 3 heteroatoms. The van der Waals surface area contributed by atoms with Gasteiger partial charge < -0.3 is 4.74 Å². The van der Waals surface area contributed by atoms with Crippen LogP contribution in [0.3, 0.4) is 0 Å². The van der Waals surface area contributed by atoms with Crippen LogP contribution in [0.1, 0.15) is 5.56 Å². The zero-order valence-corrected chi connectivity index (χ0v) is 9.32. The van der Waals surface area contributed by atoms with Gasteiger partial charge in [-0.15, -0.1) is 0 Å². The van der Waals surface area contributed by atoms with Crippen molar-refractivity contribution in [3.63, 3.8) is 0 Å². The Morgan fingerprint density at radius 3 is 2.77 bits per heavy atom. The lowest BCUT2D eigenvalue weighted by molar-refractivity contribution is -0.134. The summed E-state index contributed by atoms with van der Waals surface area (Å²) in [5, 5.41) is 0. The van der Waals surface area contributed by atoms with Crippen molar-refractivity contribution in [1.82, 2.24) is 0 Å². The number of carbonyl (C=O) groups excluding carboxylic acids is 1. The van der Waals surface area contributed by atoms with E-state index in [-0.39, 0.29) is 5.97 Å². The van der Waals surface area contributed by atoms with Crippen molar-refractivity contribution in [3.05, 3.63) is 39.5 Å². The predicted octanol–water partition coefficient (Wildman–Crippen LogP) is 2.48. The molecule has 0 amide bonds. The molecule has 2 nitrogen and oxygen atoms in total. The molecule has 0 heterocycles. The van der Waals surface area contributed by atoms with Gasteiger partial charge in [0.05, 0.1) is 7.11 Å². The molecule has 0 saturated heterocycles. The largest absolute Gasteiger partial charge is 0.466 e. The number of methoxy groups -OCH3 is 1. The molecule has 0 aromatic heterocycles. The fraction of sp³-hybridized carbons (Fsp3) is 0.100. The maximum absolute atomic E-state index is 10.8. The summed E-state index contributed by atoms with van der Waals surface area (Å²) >= 11 is 2.22. The first kappa shape index (κ1) is 10.2. The van der Waals surface area contributed by atoms with Crippen molar-refractivity contribution < 1.29 is 9.53 Å². The highest BCUT2D eigenvalue weighted by Gasteiger charge is 1.94. The maximum atomic E-state index is 10.8. The molecule has 13 heavy (non-hydrogen) atoms. The van der Waals surface area contributed by atoms with Gasteiger partial charge in [0.2, 0.25) is 0 Å². The molecule has 0 saturated carbocycles. The molecule has 0 bridgehead atoms. The standard InChI is InChI=1S/C10H9IO2/c1-13-10(12)7-6-8-4-2-3-5-9(8)11/h2-7H,1H3/b7-6+. The normalized spacial score (nSPS) is 10.3. The van der Waals surface area contributed by atoms with Crippen LogP contribution in [0.25, 0.3) is 6.08 Å². The van der Waals surface area contributed by atoms with Crippen molar-refractivity contribution in [1.29, 1.82) is 0 Å². The van der Waals surface area contributed by atoms with Crippen LogP contribution in [0.15, 0.2) is 30.3 Å². The van der Waals surface area contributed by atoms with Gasteiger partial charge in [-0.3, -0.25) is 0 Å². The third-order valence-corrected chi connectivity index (χ3v) is 2.49. The van der Waals surface area contributed by atoms with Crippen LogP contribution in [0.2, 0.25) is 0 Å². The van der Waals surface area contributed by atoms with Crippen LogP contribution < -0.4 is 0 Å². The first-order valence-corrected chi connectivity index (χ1v) is 4.82. The van der Waals surface area contributed by atoms with Crippen LogP contribution in [0, 0.1) is 3.57 Å². The fourth-order valence-electron chi connectivity index (χ4n) is 0.836. The van der Waals surface area contributed by atoms with Crippen molar-refractivity contribution in [2.75, 3.05) is 7.11 Å². The topological polar surface area (TPSA) is 26.3 Å². The Morgan fingerprint density at radius 1 is 1.46 bits per heavy atom. The molecule has 1 rings (SSSR count). The van der Waals surface area contributed by atoms with Crippen LogP contribution in [0.5, 0.6) is 0 Å². The highest BCUT2D eigenvalue weighted by Crippen LogP contribution is 2.12. The number of rotatable bonds is 2. The molecular weight excluding hydrogens is 279 g/mol. The first-order valence-electron chi connectivity index (χ1n) is 3.74.